The molecule has 1 aromatic heterocycles. The Labute approximate surface area is 212 Å². The number of allylic oxidation sites excluding steroid dienone is 1. The average molecular weight is 497 g/mol. The lowest BCUT2D eigenvalue weighted by Gasteiger charge is -2.62. The molecule has 1 aliphatic heterocycles. The highest BCUT2D eigenvalue weighted by Gasteiger charge is 2.66. The zero-order chi connectivity index (χ0) is 25.3. The van der Waals surface area contributed by atoms with Crippen LogP contribution in [0.25, 0.3) is 0 Å². The summed E-state index contributed by atoms with van der Waals surface area (Å²) in [6.45, 7) is 5.70. The molecule has 3 N–H and O–H groups in total. The number of likely N-dealkylation sites (tertiary alicyclic amines) is 1. The Morgan fingerprint density at radius 3 is 2.64 bits per heavy atom. The Morgan fingerprint density at radius 1 is 1.08 bits per heavy atom. The Bertz CT molecular complexity index is 1110. The fourth-order valence-electron chi connectivity index (χ4n) is 9.09. The van der Waals surface area contributed by atoms with Crippen LogP contribution in [-0.2, 0) is 0 Å². The van der Waals surface area contributed by atoms with Gasteiger partial charge in [0.05, 0.1) is 18.0 Å². The lowest BCUT2D eigenvalue weighted by atomic mass is 9.45. The number of nitrogens with one attached hydrogen (secondary N) is 1. The summed E-state index contributed by atoms with van der Waals surface area (Å²) >= 11 is 0. The quantitative estimate of drug-likeness (QED) is 0.538. The van der Waals surface area contributed by atoms with Gasteiger partial charge in [-0.1, -0.05) is 25.5 Å². The molecule has 8 atom stereocenters. The highest BCUT2D eigenvalue weighted by atomic mass is 16.4. The maximum Gasteiger partial charge on any atom is 0.335 e. The summed E-state index contributed by atoms with van der Waals surface area (Å²) in [7, 11) is 0. The molecule has 2 amide bonds. The molecule has 1 unspecified atom stereocenters. The third-order valence-corrected chi connectivity index (χ3v) is 11.2. The summed E-state index contributed by atoms with van der Waals surface area (Å²) in [4.78, 5) is 26.0. The normalized spacial score (nSPS) is 43.8. The van der Waals surface area contributed by atoms with Crippen molar-refractivity contribution < 1.29 is 19.4 Å². The molecule has 5 aliphatic rings. The first-order valence-electron chi connectivity index (χ1n) is 13.9. The second-order valence-corrected chi connectivity index (χ2v) is 12.7. The minimum absolute atomic E-state index is 0.0374. The molecule has 196 valence electrons. The van der Waals surface area contributed by atoms with Gasteiger partial charge in [-0.3, -0.25) is 0 Å². The molecule has 0 aromatic carbocycles. The van der Waals surface area contributed by atoms with E-state index in [0.717, 1.165) is 56.9 Å². The van der Waals surface area contributed by atoms with Crippen LogP contribution in [0.4, 0.5) is 4.79 Å². The Balaban J connectivity index is 1.21. The third kappa shape index (κ3) is 3.52. The Kier molecular flexibility index (Phi) is 5.69. The Hall–Kier alpha value is -2.12. The van der Waals surface area contributed by atoms with Crippen LogP contribution in [0.5, 0.6) is 0 Å². The van der Waals surface area contributed by atoms with E-state index in [1.54, 1.807) is 11.2 Å². The number of amides is 2. The van der Waals surface area contributed by atoms with E-state index >= 15 is 0 Å². The van der Waals surface area contributed by atoms with Crippen molar-refractivity contribution in [3.63, 3.8) is 0 Å². The van der Waals surface area contributed by atoms with Gasteiger partial charge >= 0.3 is 11.7 Å². The summed E-state index contributed by atoms with van der Waals surface area (Å²) in [5.74, 6) is 0.900. The molecular weight excluding hydrogens is 456 g/mol. The lowest BCUT2D eigenvalue weighted by Crippen LogP contribution is -2.60. The fourth-order valence-corrected chi connectivity index (χ4v) is 9.09. The molecule has 1 saturated heterocycles. The predicted octanol–water partition coefficient (Wildman–Crippen LogP) is 3.95. The smallest absolute Gasteiger partial charge is 0.335 e. The molecule has 4 fully saturated rings. The van der Waals surface area contributed by atoms with Crippen LogP contribution in [0.15, 0.2) is 39.3 Å². The number of urea groups is 1. The topological polar surface area (TPSA) is 103 Å². The van der Waals surface area contributed by atoms with Crippen molar-refractivity contribution >= 4 is 6.03 Å². The van der Waals surface area contributed by atoms with Gasteiger partial charge in [-0.2, -0.15) is 0 Å². The van der Waals surface area contributed by atoms with Crippen LogP contribution in [0, 0.1) is 22.7 Å². The minimum Gasteiger partial charge on any atom is -0.431 e. The number of β-amino-alcohol motifs (C(OH)–C–C–N with tert-alkyl or cyclic N) is 1. The SMILES string of the molecule is C[C@]12CC[C@H](NC(=O)N3CCC(O)C3)C=C1CC[C@@H]1[C@@H]2CC[C@]2(C)[C@@H](c3ccc(=O)oc3)CC[C@]12O. The molecule has 0 bridgehead atoms. The van der Waals surface area contributed by atoms with Gasteiger partial charge in [0.15, 0.2) is 0 Å². The van der Waals surface area contributed by atoms with Crippen molar-refractivity contribution in [2.24, 2.45) is 22.7 Å². The fraction of sp³-hybridized carbons (Fsp3) is 0.724. The second-order valence-electron chi connectivity index (χ2n) is 12.7. The highest BCUT2D eigenvalue weighted by molar-refractivity contribution is 5.75. The summed E-state index contributed by atoms with van der Waals surface area (Å²) < 4.78 is 5.21. The summed E-state index contributed by atoms with van der Waals surface area (Å²) in [6, 6.07) is 3.36. The van der Waals surface area contributed by atoms with E-state index in [9.17, 15) is 19.8 Å². The molecular formula is C29H40N2O5. The lowest BCUT2D eigenvalue weighted by molar-refractivity contribution is -0.177. The van der Waals surface area contributed by atoms with Crippen molar-refractivity contribution in [1.29, 1.82) is 0 Å². The first kappa shape index (κ1) is 24.2. The van der Waals surface area contributed by atoms with Crippen LogP contribution in [0.2, 0.25) is 0 Å². The van der Waals surface area contributed by atoms with Crippen LogP contribution in [-0.4, -0.2) is 52.0 Å². The van der Waals surface area contributed by atoms with E-state index in [1.807, 2.05) is 6.07 Å². The van der Waals surface area contributed by atoms with E-state index in [4.69, 9.17) is 4.42 Å². The molecule has 3 saturated carbocycles. The van der Waals surface area contributed by atoms with E-state index in [0.29, 0.717) is 25.4 Å². The second kappa shape index (κ2) is 8.45. The highest BCUT2D eigenvalue weighted by Crippen LogP contribution is 2.70. The number of hydrogen-bond acceptors (Lipinski definition) is 5. The standard InChI is InChI=1S/C29H40N2O5/c1-27-11-7-20(30-26(34)31-14-10-21(32)16-31)15-19(27)4-5-24-23(27)8-12-28(2)22(9-13-29(24,28)35)18-3-6-25(33)36-17-18/h3,6,15,17,20-24,32,35H,4-5,7-14,16H2,1-2H3,(H,30,34)/t20-,21?,22+,23-,24+,27-,28+,29-/m0/s1. The first-order valence-corrected chi connectivity index (χ1v) is 13.9. The van der Waals surface area contributed by atoms with Gasteiger partial charge in [-0.15, -0.1) is 0 Å². The van der Waals surface area contributed by atoms with Gasteiger partial charge in [0.1, 0.15) is 0 Å². The number of carbonyl (C=O) groups is 1. The van der Waals surface area contributed by atoms with Crippen molar-refractivity contribution in [3.05, 3.63) is 46.0 Å². The van der Waals surface area contributed by atoms with Gasteiger partial charge in [0.2, 0.25) is 0 Å². The number of carbonyl (C=O) groups excluding carboxylic acids is 1. The van der Waals surface area contributed by atoms with Crippen molar-refractivity contribution in [3.8, 4) is 0 Å². The first-order chi connectivity index (χ1) is 17.1. The maximum absolute atomic E-state index is 12.7. The molecule has 4 aliphatic carbocycles. The van der Waals surface area contributed by atoms with Crippen LogP contribution >= 0.6 is 0 Å². The third-order valence-electron chi connectivity index (χ3n) is 11.2. The van der Waals surface area contributed by atoms with E-state index in [-0.39, 0.29) is 40.4 Å². The van der Waals surface area contributed by atoms with Gasteiger partial charge in [0.25, 0.3) is 0 Å². The monoisotopic (exact) mass is 496 g/mol. The Morgan fingerprint density at radius 2 is 1.92 bits per heavy atom. The van der Waals surface area contributed by atoms with Gasteiger partial charge < -0.3 is 24.8 Å². The van der Waals surface area contributed by atoms with E-state index in [1.165, 1.54) is 11.6 Å². The molecule has 0 spiro atoms. The van der Waals surface area contributed by atoms with Gasteiger partial charge in [-0.25, -0.2) is 9.59 Å². The largest absolute Gasteiger partial charge is 0.431 e. The maximum atomic E-state index is 12.7. The molecule has 1 aromatic rings. The number of nitrogens with zero attached hydrogens (tertiary/aromatic N) is 1. The van der Waals surface area contributed by atoms with Crippen LogP contribution in [0.1, 0.15) is 83.1 Å². The number of hydrogen-bond donors (Lipinski definition) is 3. The van der Waals surface area contributed by atoms with E-state index < -0.39 is 11.7 Å². The van der Waals surface area contributed by atoms with Gasteiger partial charge in [0, 0.05) is 30.6 Å². The summed E-state index contributed by atoms with van der Waals surface area (Å²) in [5, 5.41) is 25.4. The van der Waals surface area contributed by atoms with Crippen LogP contribution in [0.3, 0.4) is 0 Å². The molecule has 0 radical (unpaired) electrons. The van der Waals surface area contributed by atoms with E-state index in [2.05, 4.69) is 25.2 Å². The summed E-state index contributed by atoms with van der Waals surface area (Å²) in [6.07, 6.45) is 11.8. The van der Waals surface area contributed by atoms with Crippen LogP contribution < -0.4 is 10.9 Å². The molecule has 2 heterocycles. The van der Waals surface area contributed by atoms with Crippen molar-refractivity contribution in [2.45, 2.75) is 95.3 Å². The number of aliphatic hydroxyl groups is 2. The van der Waals surface area contributed by atoms with Crippen molar-refractivity contribution in [1.82, 2.24) is 10.2 Å². The zero-order valence-corrected chi connectivity index (χ0v) is 21.5. The molecule has 7 nitrogen and oxygen atoms in total. The molecule has 36 heavy (non-hydrogen) atoms. The number of rotatable bonds is 2. The molecule has 7 heteroatoms. The summed E-state index contributed by atoms with van der Waals surface area (Å²) in [5.41, 5.74) is 1.28. The average Bonchev–Trinajstić information content (AvgIpc) is 3.41. The number of aliphatic hydroxyl groups excluding tert-OH is 1. The number of fused-ring (bicyclic) bond motifs is 5. The predicted molar refractivity (Wildman–Crippen MR) is 135 cm³/mol. The van der Waals surface area contributed by atoms with Gasteiger partial charge in [-0.05, 0) is 92.6 Å². The van der Waals surface area contributed by atoms with Crippen molar-refractivity contribution in [2.75, 3.05) is 13.1 Å². The molecule has 6 rings (SSSR count). The minimum atomic E-state index is -0.715. The zero-order valence-electron chi connectivity index (χ0n) is 21.5.